The summed E-state index contributed by atoms with van der Waals surface area (Å²) in [4.78, 5) is 0. The minimum atomic E-state index is -0.956. The Morgan fingerprint density at radius 3 is 2.88 bits per heavy atom. The molecule has 94 valence electrons. The van der Waals surface area contributed by atoms with Gasteiger partial charge in [0.05, 0.1) is 12.7 Å². The molecule has 0 saturated heterocycles. The van der Waals surface area contributed by atoms with Crippen molar-refractivity contribution in [1.82, 2.24) is 0 Å². The first-order valence-corrected chi connectivity index (χ1v) is 5.97. The van der Waals surface area contributed by atoms with E-state index in [1.807, 2.05) is 19.1 Å². The van der Waals surface area contributed by atoms with Crippen LogP contribution in [0.15, 0.2) is 16.6 Å². The largest absolute Gasteiger partial charge is 0.495 e. The second-order valence-electron chi connectivity index (χ2n) is 3.52. The summed E-state index contributed by atoms with van der Waals surface area (Å²) in [5.74, 6) is 0.657. The molecule has 1 aliphatic rings. The van der Waals surface area contributed by atoms with Gasteiger partial charge in [-0.1, -0.05) is 15.9 Å². The number of hydrogen-bond acceptors (Lipinski definition) is 4. The van der Waals surface area contributed by atoms with Crippen molar-refractivity contribution in [3.63, 3.8) is 0 Å². The van der Waals surface area contributed by atoms with E-state index in [-0.39, 0.29) is 18.5 Å². The molecule has 1 aliphatic heterocycles. The van der Waals surface area contributed by atoms with Gasteiger partial charge < -0.3 is 20.1 Å². The Bertz CT molecular complexity index is 407. The van der Waals surface area contributed by atoms with Gasteiger partial charge in [-0.25, -0.2) is 0 Å². The predicted octanol–water partition coefficient (Wildman–Crippen LogP) is 0.987. The molecule has 0 amide bonds. The van der Waals surface area contributed by atoms with Crippen LogP contribution in [0.1, 0.15) is 18.6 Å². The molecule has 0 radical (unpaired) electrons. The van der Waals surface area contributed by atoms with E-state index in [1.165, 1.54) is 0 Å². The molecule has 1 aromatic rings. The molecule has 7 heteroatoms. The monoisotopic (exact) mass is 321 g/mol. The second-order valence-corrected chi connectivity index (χ2v) is 4.37. The summed E-state index contributed by atoms with van der Waals surface area (Å²) in [7, 11) is -0.956. The van der Waals surface area contributed by atoms with Gasteiger partial charge in [0.15, 0.2) is 0 Å². The average Bonchev–Trinajstić information content (AvgIpc) is 2.61. The fourth-order valence-electron chi connectivity index (χ4n) is 1.92. The van der Waals surface area contributed by atoms with Crippen molar-refractivity contribution in [2.45, 2.75) is 13.0 Å². The highest BCUT2D eigenvalue weighted by atomic mass is 79.9. The maximum absolute atomic E-state index is 9.84. The van der Waals surface area contributed by atoms with E-state index in [2.05, 4.69) is 15.9 Å². The molecule has 3 N–H and O–H groups in total. The predicted molar refractivity (Wildman–Crippen MR) is 73.0 cm³/mol. The first-order chi connectivity index (χ1) is 7.69. The Labute approximate surface area is 115 Å². The molecule has 0 aromatic heterocycles. The van der Waals surface area contributed by atoms with Crippen molar-refractivity contribution in [2.24, 2.45) is 5.73 Å². The fraction of sp³-hybridized carbons (Fsp3) is 0.400. The van der Waals surface area contributed by atoms with Crippen LogP contribution in [0.3, 0.4) is 0 Å². The molecule has 4 nitrogen and oxygen atoms in total. The van der Waals surface area contributed by atoms with Crippen molar-refractivity contribution in [2.75, 3.05) is 13.2 Å². The second kappa shape index (κ2) is 6.06. The molecule has 0 spiro atoms. The number of benzene rings is 1. The average molecular weight is 322 g/mol. The normalized spacial score (nSPS) is 17.6. The first kappa shape index (κ1) is 14.8. The molecule has 0 fully saturated rings. The van der Waals surface area contributed by atoms with Gasteiger partial charge >= 0.3 is 7.12 Å². The number of halogens is 2. The summed E-state index contributed by atoms with van der Waals surface area (Å²) in [5.41, 5.74) is 7.18. The van der Waals surface area contributed by atoms with E-state index in [1.54, 1.807) is 0 Å². The first-order valence-electron chi connectivity index (χ1n) is 5.17. The number of fused-ring (bicyclic) bond motifs is 1. The molecule has 1 atom stereocenters. The molecule has 0 bridgehead atoms. The zero-order valence-corrected chi connectivity index (χ0v) is 11.8. The smallest absolute Gasteiger partial charge is 0.494 e. The van der Waals surface area contributed by atoms with E-state index < -0.39 is 7.12 Å². The summed E-state index contributed by atoms with van der Waals surface area (Å²) in [6.45, 7) is 2.78. The summed E-state index contributed by atoms with van der Waals surface area (Å²) in [6.07, 6.45) is -0.278. The van der Waals surface area contributed by atoms with Gasteiger partial charge in [0.2, 0.25) is 0 Å². The van der Waals surface area contributed by atoms with Crippen LogP contribution in [-0.2, 0) is 4.65 Å². The summed E-state index contributed by atoms with van der Waals surface area (Å²) in [5, 5.41) is 9.84. The van der Waals surface area contributed by atoms with Crippen LogP contribution in [0.5, 0.6) is 5.75 Å². The number of nitrogens with two attached hydrogens (primary N) is 1. The van der Waals surface area contributed by atoms with Gasteiger partial charge in [0.1, 0.15) is 5.75 Å². The van der Waals surface area contributed by atoms with Gasteiger partial charge in [0.25, 0.3) is 0 Å². The van der Waals surface area contributed by atoms with Crippen LogP contribution in [0.4, 0.5) is 0 Å². The molecule has 1 unspecified atom stereocenters. The highest BCUT2D eigenvalue weighted by molar-refractivity contribution is 9.10. The van der Waals surface area contributed by atoms with Gasteiger partial charge in [-0.15, -0.1) is 12.4 Å². The summed E-state index contributed by atoms with van der Waals surface area (Å²) < 4.78 is 11.7. The molecule has 1 aromatic carbocycles. The minimum Gasteiger partial charge on any atom is -0.494 e. The number of rotatable bonds is 3. The lowest BCUT2D eigenvalue weighted by Gasteiger charge is -2.12. The lowest BCUT2D eigenvalue weighted by Crippen LogP contribution is -2.30. The zero-order chi connectivity index (χ0) is 11.7. The number of hydrogen-bond donors (Lipinski definition) is 2. The van der Waals surface area contributed by atoms with Crippen molar-refractivity contribution in [1.29, 1.82) is 0 Å². The zero-order valence-electron chi connectivity index (χ0n) is 9.35. The third-order valence-electron chi connectivity index (χ3n) is 2.57. The Kier molecular flexibility index (Phi) is 5.28. The van der Waals surface area contributed by atoms with E-state index in [4.69, 9.17) is 15.1 Å². The molecule has 1 heterocycles. The van der Waals surface area contributed by atoms with Crippen molar-refractivity contribution < 1.29 is 14.4 Å². The van der Waals surface area contributed by atoms with E-state index in [9.17, 15) is 5.02 Å². The minimum absolute atomic E-state index is 0. The molecular formula is C10H14BBrClNO3. The SMILES string of the molecule is CCOc1ccc(Br)c2c1B(O)OC2CN.Cl. The Balaban J connectivity index is 0.00000144. The molecular weight excluding hydrogens is 308 g/mol. The van der Waals surface area contributed by atoms with E-state index in [0.29, 0.717) is 24.4 Å². The summed E-state index contributed by atoms with van der Waals surface area (Å²) in [6, 6.07) is 3.70. The lowest BCUT2D eigenvalue weighted by atomic mass is 9.78. The lowest BCUT2D eigenvalue weighted by molar-refractivity contribution is 0.197. The van der Waals surface area contributed by atoms with E-state index in [0.717, 1.165) is 10.0 Å². The molecule has 2 rings (SSSR count). The molecule has 17 heavy (non-hydrogen) atoms. The maximum atomic E-state index is 9.84. The Hall–Kier alpha value is -0.265. The Morgan fingerprint density at radius 2 is 2.29 bits per heavy atom. The Morgan fingerprint density at radius 1 is 1.59 bits per heavy atom. The molecule has 0 saturated carbocycles. The van der Waals surface area contributed by atoms with Crippen LogP contribution in [0.25, 0.3) is 0 Å². The van der Waals surface area contributed by atoms with E-state index >= 15 is 0 Å². The highest BCUT2D eigenvalue weighted by Gasteiger charge is 2.38. The van der Waals surface area contributed by atoms with Crippen LogP contribution < -0.4 is 15.9 Å². The van der Waals surface area contributed by atoms with Crippen LogP contribution in [0, 0.1) is 0 Å². The standard InChI is InChI=1S/C10H13BBrNO3.ClH/c1-2-15-7-4-3-6(12)9-8(5-13)16-11(14)10(7)9;/h3-4,8,14H,2,5,13H2,1H3;1H. The number of ether oxygens (including phenoxy) is 1. The fourth-order valence-corrected chi connectivity index (χ4v) is 2.52. The topological polar surface area (TPSA) is 64.7 Å². The third kappa shape index (κ3) is 2.61. The van der Waals surface area contributed by atoms with Crippen LogP contribution in [-0.4, -0.2) is 25.3 Å². The van der Waals surface area contributed by atoms with Crippen LogP contribution >= 0.6 is 28.3 Å². The van der Waals surface area contributed by atoms with Gasteiger partial charge in [-0.2, -0.15) is 0 Å². The van der Waals surface area contributed by atoms with Crippen LogP contribution in [0.2, 0.25) is 0 Å². The third-order valence-corrected chi connectivity index (χ3v) is 3.26. The van der Waals surface area contributed by atoms with Gasteiger partial charge in [-0.05, 0) is 24.6 Å². The quantitative estimate of drug-likeness (QED) is 0.815. The highest BCUT2D eigenvalue weighted by Crippen LogP contribution is 2.33. The van der Waals surface area contributed by atoms with Gasteiger partial charge in [-0.3, -0.25) is 0 Å². The van der Waals surface area contributed by atoms with Crippen molar-refractivity contribution >= 4 is 40.9 Å². The van der Waals surface area contributed by atoms with Crippen molar-refractivity contribution in [3.05, 3.63) is 22.2 Å². The van der Waals surface area contributed by atoms with Gasteiger partial charge in [0, 0.05) is 16.5 Å². The summed E-state index contributed by atoms with van der Waals surface area (Å²) >= 11 is 3.44. The maximum Gasteiger partial charge on any atom is 0.495 e. The van der Waals surface area contributed by atoms with Crippen molar-refractivity contribution in [3.8, 4) is 5.75 Å². The molecule has 0 aliphatic carbocycles.